The molecule has 1 aliphatic carbocycles. The summed E-state index contributed by atoms with van der Waals surface area (Å²) in [5.74, 6) is -0.346. The lowest BCUT2D eigenvalue weighted by Gasteiger charge is -2.41. The van der Waals surface area contributed by atoms with Crippen molar-refractivity contribution >= 4 is 32.6 Å². The number of nitrogens with zero attached hydrogens (tertiary/aromatic N) is 5. The quantitative estimate of drug-likeness (QED) is 0.343. The maximum absolute atomic E-state index is 15.3. The average molecular weight is 578 g/mol. The lowest BCUT2D eigenvalue weighted by atomic mass is 9.89. The molecule has 11 heteroatoms. The summed E-state index contributed by atoms with van der Waals surface area (Å²) in [7, 11) is -1.76. The van der Waals surface area contributed by atoms with Crippen molar-refractivity contribution in [3.63, 3.8) is 0 Å². The van der Waals surface area contributed by atoms with Crippen molar-refractivity contribution in [2.45, 2.75) is 49.6 Å². The van der Waals surface area contributed by atoms with Crippen LogP contribution in [0.4, 0.5) is 15.9 Å². The van der Waals surface area contributed by atoms with E-state index in [1.165, 1.54) is 30.6 Å². The first-order valence-electron chi connectivity index (χ1n) is 14.1. The van der Waals surface area contributed by atoms with Gasteiger partial charge in [0.15, 0.2) is 0 Å². The molecule has 1 saturated heterocycles. The molecule has 6 rings (SSSR count). The second-order valence-corrected chi connectivity index (χ2v) is 13.0. The Bertz CT molecular complexity index is 1660. The van der Waals surface area contributed by atoms with E-state index in [1.54, 1.807) is 18.2 Å². The molecule has 1 aliphatic heterocycles. The van der Waals surface area contributed by atoms with E-state index in [0.29, 0.717) is 22.8 Å². The molecule has 0 atom stereocenters. The standard InChI is InChI=1S/C30H36FN7O2S/c1-20-3-10-24(11-4-20)41(39,40)35-27-12-5-21(17-26(27)31)25-18-38(30-28(25)29(32)33-19-34-30)23-8-6-22(7-9-23)37-15-13-36(2)14-16-37/h3-5,10-12,17-19,22-23,35H,6-9,13-16H2,1-2H3,(H2,32,33,34). The van der Waals surface area contributed by atoms with Crippen molar-refractivity contribution in [1.29, 1.82) is 0 Å². The number of likely N-dealkylation sites (N-methyl/N-ethyl adjacent to an activating group) is 1. The van der Waals surface area contributed by atoms with Gasteiger partial charge in [-0.05, 0) is 69.5 Å². The number of halogens is 1. The number of fused-ring (bicyclic) bond motifs is 1. The Morgan fingerprint density at radius 1 is 0.951 bits per heavy atom. The number of benzene rings is 2. The highest BCUT2D eigenvalue weighted by Crippen LogP contribution is 2.39. The molecule has 0 spiro atoms. The van der Waals surface area contributed by atoms with Gasteiger partial charge in [-0.25, -0.2) is 22.8 Å². The number of nitrogens with one attached hydrogen (secondary N) is 1. The van der Waals surface area contributed by atoms with Crippen LogP contribution in [0.25, 0.3) is 22.2 Å². The molecule has 3 N–H and O–H groups in total. The van der Waals surface area contributed by atoms with Crippen LogP contribution in [0.1, 0.15) is 37.3 Å². The molecular formula is C30H36FN7O2S. The summed E-state index contributed by atoms with van der Waals surface area (Å²) in [5, 5.41) is 0.682. The highest BCUT2D eigenvalue weighted by Gasteiger charge is 2.30. The van der Waals surface area contributed by atoms with Gasteiger partial charge in [0.25, 0.3) is 10.0 Å². The van der Waals surface area contributed by atoms with E-state index >= 15 is 4.39 Å². The van der Waals surface area contributed by atoms with Gasteiger partial charge in [0.2, 0.25) is 0 Å². The Morgan fingerprint density at radius 2 is 1.63 bits per heavy atom. The number of nitrogens with two attached hydrogens (primary N) is 1. The SMILES string of the molecule is Cc1ccc(S(=O)(=O)Nc2ccc(-c3cn(C4CCC(N5CCN(C)CC5)CC4)c4ncnc(N)c34)cc2F)cc1. The molecule has 2 fully saturated rings. The smallest absolute Gasteiger partial charge is 0.261 e. The van der Waals surface area contributed by atoms with Crippen LogP contribution in [0.2, 0.25) is 0 Å². The fraction of sp³-hybridized carbons (Fsp3) is 0.400. The van der Waals surface area contributed by atoms with Crippen molar-refractivity contribution in [2.75, 3.05) is 43.7 Å². The fourth-order valence-electron chi connectivity index (χ4n) is 6.18. The molecule has 0 unspecified atom stereocenters. The number of hydrogen-bond donors (Lipinski definition) is 2. The highest BCUT2D eigenvalue weighted by atomic mass is 32.2. The Morgan fingerprint density at radius 3 is 2.32 bits per heavy atom. The topological polar surface area (TPSA) is 109 Å². The zero-order valence-corrected chi connectivity index (χ0v) is 24.2. The molecule has 2 aromatic heterocycles. The number of nitrogen functional groups attached to an aromatic ring is 1. The number of anilines is 2. The minimum atomic E-state index is -3.94. The molecule has 0 amide bonds. The number of rotatable bonds is 6. The van der Waals surface area contributed by atoms with Crippen LogP contribution < -0.4 is 10.5 Å². The number of sulfonamides is 1. The maximum Gasteiger partial charge on any atom is 0.261 e. The normalized spacial score (nSPS) is 20.9. The summed E-state index contributed by atoms with van der Waals surface area (Å²) >= 11 is 0. The van der Waals surface area contributed by atoms with Gasteiger partial charge in [0.1, 0.15) is 23.6 Å². The third kappa shape index (κ3) is 5.53. The van der Waals surface area contributed by atoms with Crippen LogP contribution >= 0.6 is 0 Å². The van der Waals surface area contributed by atoms with E-state index in [9.17, 15) is 8.42 Å². The second kappa shape index (κ2) is 11.0. The number of aromatic nitrogens is 3. The monoisotopic (exact) mass is 577 g/mol. The summed E-state index contributed by atoms with van der Waals surface area (Å²) < 4.78 is 45.6. The molecule has 216 valence electrons. The predicted molar refractivity (Wildman–Crippen MR) is 160 cm³/mol. The second-order valence-electron chi connectivity index (χ2n) is 11.3. The van der Waals surface area contributed by atoms with Crippen LogP contribution in [0.3, 0.4) is 0 Å². The fourth-order valence-corrected chi connectivity index (χ4v) is 7.25. The van der Waals surface area contributed by atoms with Crippen LogP contribution in [-0.4, -0.2) is 72.0 Å². The first-order valence-corrected chi connectivity index (χ1v) is 15.6. The van der Waals surface area contributed by atoms with Gasteiger partial charge in [0.05, 0.1) is 16.0 Å². The van der Waals surface area contributed by atoms with Gasteiger partial charge in [0, 0.05) is 50.0 Å². The van der Waals surface area contributed by atoms with E-state index in [4.69, 9.17) is 5.73 Å². The van der Waals surface area contributed by atoms with Gasteiger partial charge >= 0.3 is 0 Å². The van der Waals surface area contributed by atoms with Crippen LogP contribution in [0.5, 0.6) is 0 Å². The number of piperazine rings is 1. The Labute approximate surface area is 240 Å². The number of aryl methyl sites for hydroxylation is 1. The predicted octanol–water partition coefficient (Wildman–Crippen LogP) is 4.66. The molecule has 2 aromatic carbocycles. The van der Waals surface area contributed by atoms with Gasteiger partial charge in [-0.3, -0.25) is 9.62 Å². The van der Waals surface area contributed by atoms with Crippen molar-refractivity contribution in [3.8, 4) is 11.1 Å². The van der Waals surface area contributed by atoms with E-state index in [0.717, 1.165) is 68.6 Å². The van der Waals surface area contributed by atoms with Crippen molar-refractivity contribution in [1.82, 2.24) is 24.3 Å². The van der Waals surface area contributed by atoms with Crippen molar-refractivity contribution < 1.29 is 12.8 Å². The zero-order chi connectivity index (χ0) is 28.7. The molecule has 1 saturated carbocycles. The lowest BCUT2D eigenvalue weighted by molar-refractivity contribution is 0.0828. The van der Waals surface area contributed by atoms with Gasteiger partial charge in [-0.15, -0.1) is 0 Å². The van der Waals surface area contributed by atoms with Crippen molar-refractivity contribution in [2.24, 2.45) is 0 Å². The molecule has 2 aliphatic rings. The lowest BCUT2D eigenvalue weighted by Crippen LogP contribution is -2.49. The third-order valence-corrected chi connectivity index (χ3v) is 9.99. The van der Waals surface area contributed by atoms with E-state index in [2.05, 4.69) is 36.1 Å². The summed E-state index contributed by atoms with van der Waals surface area (Å²) in [6, 6.07) is 11.8. The Balaban J connectivity index is 1.26. The van der Waals surface area contributed by atoms with Crippen LogP contribution in [0, 0.1) is 12.7 Å². The average Bonchev–Trinajstić information content (AvgIpc) is 3.36. The maximum atomic E-state index is 15.3. The van der Waals surface area contributed by atoms with E-state index in [-0.39, 0.29) is 16.6 Å². The molecular weight excluding hydrogens is 541 g/mol. The summed E-state index contributed by atoms with van der Waals surface area (Å²) in [6.45, 7) is 6.34. The zero-order valence-electron chi connectivity index (χ0n) is 23.4. The summed E-state index contributed by atoms with van der Waals surface area (Å²) in [5.41, 5.74) is 9.19. The molecule has 41 heavy (non-hydrogen) atoms. The molecule has 0 bridgehead atoms. The van der Waals surface area contributed by atoms with Gasteiger partial charge in [-0.1, -0.05) is 23.8 Å². The Kier molecular flexibility index (Phi) is 7.43. The van der Waals surface area contributed by atoms with Crippen molar-refractivity contribution in [3.05, 3.63) is 66.4 Å². The molecule has 0 radical (unpaired) electrons. The minimum absolute atomic E-state index is 0.0712. The largest absolute Gasteiger partial charge is 0.383 e. The first kappa shape index (κ1) is 27.6. The highest BCUT2D eigenvalue weighted by molar-refractivity contribution is 7.92. The van der Waals surface area contributed by atoms with E-state index in [1.807, 2.05) is 13.1 Å². The summed E-state index contributed by atoms with van der Waals surface area (Å²) in [4.78, 5) is 13.9. The molecule has 3 heterocycles. The minimum Gasteiger partial charge on any atom is -0.383 e. The molecule has 4 aromatic rings. The third-order valence-electron chi connectivity index (χ3n) is 8.61. The van der Waals surface area contributed by atoms with E-state index < -0.39 is 15.8 Å². The first-order chi connectivity index (χ1) is 19.7. The van der Waals surface area contributed by atoms with Gasteiger partial charge < -0.3 is 15.2 Å². The number of hydrogen-bond acceptors (Lipinski definition) is 7. The van der Waals surface area contributed by atoms with Crippen LogP contribution in [-0.2, 0) is 10.0 Å². The van der Waals surface area contributed by atoms with Crippen LogP contribution in [0.15, 0.2) is 59.9 Å². The van der Waals surface area contributed by atoms with Gasteiger partial charge in [-0.2, -0.15) is 0 Å². The Hall–Kier alpha value is -3.54. The summed E-state index contributed by atoms with van der Waals surface area (Å²) in [6.07, 6.45) is 7.76. The molecule has 9 nitrogen and oxygen atoms in total.